The summed E-state index contributed by atoms with van der Waals surface area (Å²) in [6.07, 6.45) is -0.226. The molecular weight excluding hydrogens is 785 g/mol. The van der Waals surface area contributed by atoms with E-state index in [0.29, 0.717) is 39.3 Å². The fourth-order valence-electron chi connectivity index (χ4n) is 7.88. The summed E-state index contributed by atoms with van der Waals surface area (Å²) in [7, 11) is 1.52. The minimum atomic E-state index is -1.21. The van der Waals surface area contributed by atoms with Crippen LogP contribution in [0.1, 0.15) is 77.7 Å². The first kappa shape index (κ1) is 46.9. The number of fused-ring (bicyclic) bond motifs is 5. The SMILES string of the molecule is Cc1ccc(-c2ccc(C(=O)C[C@@H](CCN)C(=O)N(C)[C@@H]3C(=O)C[C@@H](C)C(=O)N[C@H](C(=O)CCC#N)Cc4ccc(OCCN)c(c4)-c4cc3ccc4OCCN)c(C)c2)cc1. The Balaban J connectivity index is 1.58. The number of nitriles is 1. The molecule has 1 aliphatic heterocycles. The number of ether oxygens (including phenoxy) is 2. The molecule has 62 heavy (non-hydrogen) atoms. The molecule has 13 nitrogen and oxygen atoms in total. The van der Waals surface area contributed by atoms with Gasteiger partial charge in [0.2, 0.25) is 11.8 Å². The predicted octanol–water partition coefficient (Wildman–Crippen LogP) is 5.56. The van der Waals surface area contributed by atoms with Crippen LogP contribution in [-0.4, -0.2) is 80.0 Å². The zero-order chi connectivity index (χ0) is 44.9. The highest BCUT2D eigenvalue weighted by molar-refractivity contribution is 6.01. The van der Waals surface area contributed by atoms with Crippen molar-refractivity contribution in [1.29, 1.82) is 5.26 Å². The van der Waals surface area contributed by atoms with Crippen molar-refractivity contribution in [3.05, 3.63) is 107 Å². The van der Waals surface area contributed by atoms with Gasteiger partial charge in [-0.05, 0) is 85.3 Å². The Kier molecular flexibility index (Phi) is 16.7. The quantitative estimate of drug-likeness (QED) is 0.0965. The number of hydrogen-bond acceptors (Lipinski definition) is 11. The standard InChI is InChI=1S/C49H58N6O7/c1-30-7-10-34(11-8-30)35-12-14-38(31(2)24-35)43(57)29-37(17-19-51)49(60)55(4)47-36-13-16-46(62-23-21-53)40(28-36)39-26-33(9-15-45(39)61-22-20-52)27-41(42(56)6-5-18-50)54-48(59)32(3)25-44(47)58/h7-16,24,26,28,32,37,41,47H,5-6,17,19-23,25,27,29,51-53H2,1-4H3,(H,54,59)/t32-,37-,41+,47+/m1/s1. The number of nitrogens with one attached hydrogen (secondary N) is 1. The molecule has 0 saturated heterocycles. The summed E-state index contributed by atoms with van der Waals surface area (Å²) in [5.74, 6) is -2.87. The summed E-state index contributed by atoms with van der Waals surface area (Å²) in [6.45, 7) is 6.41. The normalized spacial score (nSPS) is 16.9. The average molecular weight is 843 g/mol. The van der Waals surface area contributed by atoms with Crippen LogP contribution in [0.15, 0.2) is 78.9 Å². The highest BCUT2D eigenvalue weighted by Gasteiger charge is 2.36. The molecule has 13 heteroatoms. The maximum Gasteiger partial charge on any atom is 0.226 e. The molecule has 0 spiro atoms. The molecule has 326 valence electrons. The number of ketones is 3. The summed E-state index contributed by atoms with van der Waals surface area (Å²) >= 11 is 0. The van der Waals surface area contributed by atoms with Crippen LogP contribution in [0.2, 0.25) is 0 Å². The number of Topliss-reactive ketones (excluding diaryl/α,β-unsaturated/α-hetero) is 3. The first-order valence-electron chi connectivity index (χ1n) is 21.1. The molecule has 0 saturated carbocycles. The lowest BCUT2D eigenvalue weighted by Crippen LogP contribution is -2.46. The Labute approximate surface area is 363 Å². The van der Waals surface area contributed by atoms with E-state index in [0.717, 1.165) is 22.3 Å². The maximum absolute atomic E-state index is 14.7. The van der Waals surface area contributed by atoms with Crippen LogP contribution in [0.5, 0.6) is 11.5 Å². The highest BCUT2D eigenvalue weighted by Crippen LogP contribution is 2.41. The maximum atomic E-state index is 14.7. The Hall–Kier alpha value is -6.20. The highest BCUT2D eigenvalue weighted by atomic mass is 16.5. The molecule has 4 bridgehead atoms. The molecule has 5 rings (SSSR count). The Morgan fingerprint density at radius 3 is 2.11 bits per heavy atom. The lowest BCUT2D eigenvalue weighted by Gasteiger charge is -2.32. The van der Waals surface area contributed by atoms with Gasteiger partial charge < -0.3 is 36.9 Å². The lowest BCUT2D eigenvalue weighted by molar-refractivity contribution is -0.142. The van der Waals surface area contributed by atoms with Crippen molar-refractivity contribution in [3.63, 3.8) is 0 Å². The van der Waals surface area contributed by atoms with Gasteiger partial charge in [0.15, 0.2) is 17.3 Å². The fraction of sp³-hybridized carbons (Fsp3) is 0.388. The van der Waals surface area contributed by atoms with Crippen molar-refractivity contribution in [2.45, 2.75) is 71.4 Å². The van der Waals surface area contributed by atoms with Gasteiger partial charge in [0.05, 0.1) is 12.1 Å². The zero-order valence-corrected chi connectivity index (χ0v) is 36.1. The first-order valence-corrected chi connectivity index (χ1v) is 21.1. The summed E-state index contributed by atoms with van der Waals surface area (Å²) in [5.41, 5.74) is 24.3. The number of aryl methyl sites for hydroxylation is 2. The number of likely N-dealkylation sites (N-methyl/N-ethyl adjacent to an activating group) is 1. The van der Waals surface area contributed by atoms with E-state index in [1.165, 1.54) is 11.9 Å². The lowest BCUT2D eigenvalue weighted by atomic mass is 9.87. The van der Waals surface area contributed by atoms with E-state index in [9.17, 15) is 29.2 Å². The van der Waals surface area contributed by atoms with Gasteiger partial charge in [-0.1, -0.05) is 67.1 Å². The van der Waals surface area contributed by atoms with Crippen molar-refractivity contribution in [3.8, 4) is 39.8 Å². The summed E-state index contributed by atoms with van der Waals surface area (Å²) in [4.78, 5) is 71.9. The van der Waals surface area contributed by atoms with Crippen LogP contribution in [0, 0.1) is 37.0 Å². The second-order valence-corrected chi connectivity index (χ2v) is 16.0. The smallest absolute Gasteiger partial charge is 0.226 e. The van der Waals surface area contributed by atoms with Crippen molar-refractivity contribution in [2.75, 3.05) is 39.9 Å². The Morgan fingerprint density at radius 2 is 1.48 bits per heavy atom. The fourth-order valence-corrected chi connectivity index (χ4v) is 7.88. The predicted molar refractivity (Wildman–Crippen MR) is 238 cm³/mol. The molecule has 1 heterocycles. The van der Waals surface area contributed by atoms with Crippen molar-refractivity contribution in [1.82, 2.24) is 10.2 Å². The molecule has 4 aromatic carbocycles. The number of hydrogen-bond donors (Lipinski definition) is 4. The van der Waals surface area contributed by atoms with E-state index in [4.69, 9.17) is 26.7 Å². The van der Waals surface area contributed by atoms with Gasteiger partial charge in [-0.25, -0.2) is 0 Å². The monoisotopic (exact) mass is 842 g/mol. The van der Waals surface area contributed by atoms with E-state index < -0.39 is 41.5 Å². The molecule has 4 atom stereocenters. The van der Waals surface area contributed by atoms with E-state index in [1.54, 1.807) is 43.3 Å². The minimum absolute atomic E-state index is 0.0241. The molecular formula is C49H58N6O7. The average Bonchev–Trinajstić information content (AvgIpc) is 3.26. The largest absolute Gasteiger partial charge is 0.492 e. The van der Waals surface area contributed by atoms with Gasteiger partial charge in [0.25, 0.3) is 0 Å². The van der Waals surface area contributed by atoms with E-state index >= 15 is 0 Å². The number of rotatable bonds is 17. The van der Waals surface area contributed by atoms with Gasteiger partial charge in [-0.3, -0.25) is 24.0 Å². The third-order valence-electron chi connectivity index (χ3n) is 11.2. The van der Waals surface area contributed by atoms with Gasteiger partial charge in [0, 0.05) is 74.3 Å². The third kappa shape index (κ3) is 11.6. The van der Waals surface area contributed by atoms with Crippen LogP contribution >= 0.6 is 0 Å². The topological polar surface area (TPSA) is 221 Å². The number of nitrogens with zero attached hydrogens (tertiary/aromatic N) is 2. The number of benzene rings is 4. The molecule has 1 aliphatic rings. The van der Waals surface area contributed by atoms with Gasteiger partial charge in [-0.2, -0.15) is 5.26 Å². The molecule has 0 aliphatic carbocycles. The number of carbonyl (C=O) groups is 5. The summed E-state index contributed by atoms with van der Waals surface area (Å²) in [6, 6.07) is 24.1. The van der Waals surface area contributed by atoms with E-state index in [2.05, 4.69) is 5.32 Å². The molecule has 7 N–H and O–H groups in total. The molecule has 0 fully saturated rings. The van der Waals surface area contributed by atoms with Gasteiger partial charge in [0.1, 0.15) is 30.8 Å². The summed E-state index contributed by atoms with van der Waals surface area (Å²) < 4.78 is 12.2. The number of carbonyl (C=O) groups excluding carboxylic acids is 5. The minimum Gasteiger partial charge on any atom is -0.492 e. The van der Waals surface area contributed by atoms with Gasteiger partial charge >= 0.3 is 0 Å². The number of amides is 2. The molecule has 4 aromatic rings. The molecule has 0 radical (unpaired) electrons. The Bertz CT molecular complexity index is 2300. The number of nitrogens with two attached hydrogens (primary N) is 3. The third-order valence-corrected chi connectivity index (χ3v) is 11.2. The summed E-state index contributed by atoms with van der Waals surface area (Å²) in [5, 5.41) is 12.1. The van der Waals surface area contributed by atoms with Crippen LogP contribution < -0.4 is 32.0 Å². The van der Waals surface area contributed by atoms with Crippen LogP contribution in [0.3, 0.4) is 0 Å². The Morgan fingerprint density at radius 1 is 0.839 bits per heavy atom. The van der Waals surface area contributed by atoms with Crippen LogP contribution in [0.25, 0.3) is 22.3 Å². The molecule has 2 amide bonds. The van der Waals surface area contributed by atoms with Crippen molar-refractivity contribution < 1.29 is 33.4 Å². The second kappa shape index (κ2) is 22.1. The molecule has 0 unspecified atom stereocenters. The van der Waals surface area contributed by atoms with Crippen LogP contribution in [0.4, 0.5) is 0 Å². The van der Waals surface area contributed by atoms with E-state index in [-0.39, 0.29) is 82.9 Å². The molecule has 0 aromatic heterocycles. The van der Waals surface area contributed by atoms with E-state index in [1.807, 2.05) is 62.4 Å². The zero-order valence-electron chi connectivity index (χ0n) is 36.1. The second-order valence-electron chi connectivity index (χ2n) is 16.0. The van der Waals surface area contributed by atoms with Crippen molar-refractivity contribution in [2.24, 2.45) is 29.0 Å². The first-order chi connectivity index (χ1) is 29.8. The van der Waals surface area contributed by atoms with Crippen LogP contribution in [-0.2, 0) is 25.6 Å². The van der Waals surface area contributed by atoms with Crippen molar-refractivity contribution >= 4 is 29.2 Å². The van der Waals surface area contributed by atoms with Gasteiger partial charge in [-0.15, -0.1) is 0 Å².